The maximum atomic E-state index is 12.8. The number of carbonyl (C=O) groups excluding carboxylic acids is 2. The molecular weight excluding hydrogens is 474 g/mol. The Morgan fingerprint density at radius 2 is 2.06 bits per heavy atom. The predicted octanol–water partition coefficient (Wildman–Crippen LogP) is 3.45. The molecule has 5 rings (SSSR count). The van der Waals surface area contributed by atoms with E-state index in [4.69, 9.17) is 4.74 Å². The molecular formula is C23H21N5O4S2. The first-order chi connectivity index (χ1) is 16.3. The number of ether oxygens (including phenoxy) is 1. The smallest absolute Gasteiger partial charge is 0.264 e. The van der Waals surface area contributed by atoms with E-state index in [1.54, 1.807) is 11.9 Å². The number of nitrogens with zero attached hydrogens (tertiary/aromatic N) is 4. The van der Waals surface area contributed by atoms with Gasteiger partial charge in [-0.2, -0.15) is 0 Å². The van der Waals surface area contributed by atoms with Crippen LogP contribution >= 0.6 is 22.7 Å². The van der Waals surface area contributed by atoms with E-state index in [9.17, 15) is 14.4 Å². The number of hydrogen-bond donors (Lipinski definition) is 1. The molecule has 0 spiro atoms. The average molecular weight is 496 g/mol. The summed E-state index contributed by atoms with van der Waals surface area (Å²) in [6.45, 7) is 3.80. The van der Waals surface area contributed by atoms with Gasteiger partial charge in [-0.15, -0.1) is 22.7 Å². The van der Waals surface area contributed by atoms with Crippen molar-refractivity contribution in [3.63, 3.8) is 0 Å². The van der Waals surface area contributed by atoms with E-state index in [-0.39, 0.29) is 30.5 Å². The van der Waals surface area contributed by atoms with Crippen LogP contribution in [0, 0.1) is 6.92 Å². The fraction of sp³-hybridized carbons (Fsp3) is 0.261. The Labute approximate surface area is 202 Å². The number of aryl methyl sites for hydroxylation is 2. The number of rotatable bonds is 5. The van der Waals surface area contributed by atoms with Crippen LogP contribution in [0.1, 0.15) is 16.7 Å². The third-order valence-corrected chi connectivity index (χ3v) is 7.67. The standard InChI is InChI=1S/C23H21N5O4S2/c1-4-14-8-15-21(34-14)24-11-28(22(15)31)9-18(29)25-23-26-20(12(2)33-23)13-5-6-17-16(7-13)27(3)19(30)10-32-17/h5-8,11H,4,9-10H2,1-3H3,(H,25,26,29). The third kappa shape index (κ3) is 3.97. The van der Waals surface area contributed by atoms with Gasteiger partial charge in [0.2, 0.25) is 5.91 Å². The highest BCUT2D eigenvalue weighted by Crippen LogP contribution is 2.37. The molecule has 1 aromatic carbocycles. The molecule has 0 aliphatic carbocycles. The second-order valence-corrected chi connectivity index (χ2v) is 10.2. The van der Waals surface area contributed by atoms with Gasteiger partial charge >= 0.3 is 0 Å². The number of fused-ring (bicyclic) bond motifs is 2. The summed E-state index contributed by atoms with van der Waals surface area (Å²) in [5.74, 6) is 0.155. The van der Waals surface area contributed by atoms with Crippen LogP contribution in [-0.4, -0.2) is 40.0 Å². The number of amides is 2. The number of anilines is 2. The van der Waals surface area contributed by atoms with Crippen LogP contribution in [0.5, 0.6) is 5.75 Å². The second kappa shape index (κ2) is 8.65. The molecule has 3 aromatic heterocycles. The molecule has 0 bridgehead atoms. The summed E-state index contributed by atoms with van der Waals surface area (Å²) in [4.78, 5) is 50.5. The molecule has 0 fully saturated rings. The molecule has 9 nitrogen and oxygen atoms in total. The highest BCUT2D eigenvalue weighted by atomic mass is 32.1. The summed E-state index contributed by atoms with van der Waals surface area (Å²) in [5, 5.41) is 3.75. The van der Waals surface area contributed by atoms with Gasteiger partial charge in [0.1, 0.15) is 17.1 Å². The molecule has 174 valence electrons. The van der Waals surface area contributed by atoms with Crippen molar-refractivity contribution in [1.82, 2.24) is 14.5 Å². The van der Waals surface area contributed by atoms with Crippen molar-refractivity contribution < 1.29 is 14.3 Å². The lowest BCUT2D eigenvalue weighted by molar-refractivity contribution is -0.121. The zero-order chi connectivity index (χ0) is 24.0. The highest BCUT2D eigenvalue weighted by molar-refractivity contribution is 7.18. The van der Waals surface area contributed by atoms with Crippen molar-refractivity contribution in [2.75, 3.05) is 23.9 Å². The van der Waals surface area contributed by atoms with Crippen molar-refractivity contribution in [3.8, 4) is 17.0 Å². The van der Waals surface area contributed by atoms with Crippen molar-refractivity contribution in [1.29, 1.82) is 0 Å². The van der Waals surface area contributed by atoms with E-state index in [1.807, 2.05) is 38.1 Å². The molecule has 0 atom stereocenters. The van der Waals surface area contributed by atoms with Crippen molar-refractivity contribution >= 4 is 55.5 Å². The van der Waals surface area contributed by atoms with Crippen LogP contribution in [-0.2, 0) is 22.6 Å². The number of likely N-dealkylation sites (N-methyl/N-ethyl adjacent to an activating group) is 1. The molecule has 4 heterocycles. The number of thiazole rings is 1. The fourth-order valence-corrected chi connectivity index (χ4v) is 5.52. The van der Waals surface area contributed by atoms with Crippen molar-refractivity contribution in [3.05, 3.63) is 50.7 Å². The number of benzene rings is 1. The average Bonchev–Trinajstić information content (AvgIpc) is 3.41. The number of nitrogens with one attached hydrogen (secondary N) is 1. The van der Waals surface area contributed by atoms with Crippen LogP contribution in [0.3, 0.4) is 0 Å². The summed E-state index contributed by atoms with van der Waals surface area (Å²) in [6.07, 6.45) is 2.24. The van der Waals surface area contributed by atoms with Gasteiger partial charge in [-0.25, -0.2) is 9.97 Å². The van der Waals surface area contributed by atoms with E-state index >= 15 is 0 Å². The fourth-order valence-electron chi connectivity index (χ4n) is 3.75. The highest BCUT2D eigenvalue weighted by Gasteiger charge is 2.23. The van der Waals surface area contributed by atoms with E-state index in [0.29, 0.717) is 32.5 Å². The van der Waals surface area contributed by atoms with Crippen LogP contribution in [0.4, 0.5) is 10.8 Å². The van der Waals surface area contributed by atoms with Gasteiger partial charge in [-0.05, 0) is 37.6 Å². The molecule has 34 heavy (non-hydrogen) atoms. The molecule has 11 heteroatoms. The molecule has 2 amide bonds. The van der Waals surface area contributed by atoms with Gasteiger partial charge in [0.15, 0.2) is 11.7 Å². The van der Waals surface area contributed by atoms with Crippen molar-refractivity contribution in [2.24, 2.45) is 0 Å². The lowest BCUT2D eigenvalue weighted by Gasteiger charge is -2.26. The zero-order valence-electron chi connectivity index (χ0n) is 18.7. The quantitative estimate of drug-likeness (QED) is 0.455. The Balaban J connectivity index is 1.35. The zero-order valence-corrected chi connectivity index (χ0v) is 20.4. The Morgan fingerprint density at radius 1 is 1.24 bits per heavy atom. The molecule has 1 aliphatic heterocycles. The molecule has 4 aromatic rings. The van der Waals surface area contributed by atoms with Gasteiger partial charge < -0.3 is 15.0 Å². The molecule has 0 unspecified atom stereocenters. The Bertz CT molecular complexity index is 1500. The molecule has 1 aliphatic rings. The number of thiophene rings is 1. The number of carbonyl (C=O) groups is 2. The maximum Gasteiger partial charge on any atom is 0.264 e. The lowest BCUT2D eigenvalue weighted by Crippen LogP contribution is -2.35. The predicted molar refractivity (Wildman–Crippen MR) is 133 cm³/mol. The van der Waals surface area contributed by atoms with Crippen LogP contribution in [0.15, 0.2) is 35.4 Å². The van der Waals surface area contributed by atoms with Gasteiger partial charge in [-0.3, -0.25) is 19.0 Å². The van der Waals surface area contributed by atoms with Gasteiger partial charge in [0.25, 0.3) is 11.5 Å². The first kappa shape index (κ1) is 22.2. The summed E-state index contributed by atoms with van der Waals surface area (Å²) >= 11 is 2.83. The Hall–Kier alpha value is -3.57. The van der Waals surface area contributed by atoms with Crippen molar-refractivity contribution in [2.45, 2.75) is 26.8 Å². The van der Waals surface area contributed by atoms with Gasteiger partial charge in [0, 0.05) is 22.4 Å². The van der Waals surface area contributed by atoms with Crippen LogP contribution in [0.2, 0.25) is 0 Å². The minimum absolute atomic E-state index is 0.0203. The van der Waals surface area contributed by atoms with Gasteiger partial charge in [-0.1, -0.05) is 6.92 Å². The molecule has 0 saturated heterocycles. The largest absolute Gasteiger partial charge is 0.482 e. The lowest BCUT2D eigenvalue weighted by atomic mass is 10.1. The Morgan fingerprint density at radius 3 is 2.85 bits per heavy atom. The summed E-state index contributed by atoms with van der Waals surface area (Å²) in [5.41, 5.74) is 1.96. The normalized spacial score (nSPS) is 13.1. The van der Waals surface area contributed by atoms with E-state index < -0.39 is 0 Å². The topological polar surface area (TPSA) is 106 Å². The molecule has 1 N–H and O–H groups in total. The summed E-state index contributed by atoms with van der Waals surface area (Å²) in [6, 6.07) is 7.39. The molecule has 0 saturated carbocycles. The Kier molecular flexibility index (Phi) is 5.66. The minimum atomic E-state index is -0.362. The second-order valence-electron chi connectivity index (χ2n) is 7.86. The third-order valence-electron chi connectivity index (χ3n) is 5.59. The summed E-state index contributed by atoms with van der Waals surface area (Å²) in [7, 11) is 1.71. The van der Waals surface area contributed by atoms with E-state index in [1.165, 1.54) is 33.6 Å². The summed E-state index contributed by atoms with van der Waals surface area (Å²) < 4.78 is 6.79. The first-order valence-electron chi connectivity index (χ1n) is 10.6. The monoisotopic (exact) mass is 495 g/mol. The number of aromatic nitrogens is 3. The first-order valence-corrected chi connectivity index (χ1v) is 12.3. The maximum absolute atomic E-state index is 12.8. The SMILES string of the molecule is CCc1cc2c(=O)n(CC(=O)Nc3nc(-c4ccc5c(c4)N(C)C(=O)CO5)c(C)s3)cnc2s1. The molecule has 0 radical (unpaired) electrons. The number of hydrogen-bond acceptors (Lipinski definition) is 8. The van der Waals surface area contributed by atoms with Gasteiger partial charge in [0.05, 0.1) is 23.1 Å². The van der Waals surface area contributed by atoms with E-state index in [2.05, 4.69) is 15.3 Å². The van der Waals surface area contributed by atoms with Crippen LogP contribution in [0.25, 0.3) is 21.5 Å². The minimum Gasteiger partial charge on any atom is -0.482 e. The van der Waals surface area contributed by atoms with E-state index in [0.717, 1.165) is 21.7 Å². The van der Waals surface area contributed by atoms with Crippen LogP contribution < -0.4 is 20.5 Å².